The summed E-state index contributed by atoms with van der Waals surface area (Å²) in [7, 11) is 0. The summed E-state index contributed by atoms with van der Waals surface area (Å²) < 4.78 is 0. The van der Waals surface area contributed by atoms with Crippen LogP contribution < -0.4 is 5.73 Å². The van der Waals surface area contributed by atoms with Gasteiger partial charge < -0.3 is 10.8 Å². The number of carboxylic acid groups (broad SMARTS) is 1. The third kappa shape index (κ3) is 2.58. The summed E-state index contributed by atoms with van der Waals surface area (Å²) >= 11 is 0. The molecule has 0 aliphatic carbocycles. The molecule has 0 amide bonds. The Morgan fingerprint density at radius 1 is 1.44 bits per heavy atom. The van der Waals surface area contributed by atoms with Gasteiger partial charge >= 0.3 is 5.97 Å². The molecular formula is C13H15NO2. The fraction of sp³-hybridized carbons (Fsp3) is 0.154. The Labute approximate surface area is 94.9 Å². The first-order valence-corrected chi connectivity index (χ1v) is 4.95. The molecule has 1 aromatic rings. The van der Waals surface area contributed by atoms with Gasteiger partial charge in [-0.05, 0) is 23.1 Å². The van der Waals surface area contributed by atoms with Crippen molar-refractivity contribution in [2.24, 2.45) is 5.73 Å². The van der Waals surface area contributed by atoms with E-state index in [4.69, 9.17) is 10.8 Å². The van der Waals surface area contributed by atoms with Crippen molar-refractivity contribution < 1.29 is 9.90 Å². The molecule has 0 heterocycles. The molecule has 0 radical (unpaired) electrons. The number of hydrogen-bond acceptors (Lipinski definition) is 2. The van der Waals surface area contributed by atoms with Crippen LogP contribution in [0.5, 0.6) is 0 Å². The third-order valence-electron chi connectivity index (χ3n) is 2.41. The van der Waals surface area contributed by atoms with E-state index in [-0.39, 0.29) is 0 Å². The van der Waals surface area contributed by atoms with E-state index in [1.807, 2.05) is 18.2 Å². The Balaban J connectivity index is 3.08. The van der Waals surface area contributed by atoms with Gasteiger partial charge in [-0.3, -0.25) is 4.79 Å². The molecule has 84 valence electrons. The molecule has 0 aromatic heterocycles. The molecule has 3 nitrogen and oxygen atoms in total. The number of benzene rings is 1. The topological polar surface area (TPSA) is 63.3 Å². The van der Waals surface area contributed by atoms with E-state index in [2.05, 4.69) is 13.2 Å². The molecule has 1 aromatic carbocycles. The molecule has 3 heteroatoms. The lowest BCUT2D eigenvalue weighted by Crippen LogP contribution is -2.32. The highest BCUT2D eigenvalue weighted by atomic mass is 16.4. The van der Waals surface area contributed by atoms with Gasteiger partial charge in [0.1, 0.15) is 6.04 Å². The van der Waals surface area contributed by atoms with E-state index in [0.29, 0.717) is 6.42 Å². The summed E-state index contributed by atoms with van der Waals surface area (Å²) in [6.07, 6.45) is 3.70. The van der Waals surface area contributed by atoms with Crippen molar-refractivity contribution in [3.05, 3.63) is 48.0 Å². The SMILES string of the molecule is C=Cc1cccc(CC(N)C(=O)O)c1C=C. The highest BCUT2D eigenvalue weighted by Crippen LogP contribution is 2.18. The summed E-state index contributed by atoms with van der Waals surface area (Å²) in [6.45, 7) is 7.42. The monoisotopic (exact) mass is 217 g/mol. The first-order chi connectivity index (χ1) is 7.60. The van der Waals surface area contributed by atoms with E-state index >= 15 is 0 Å². The fourth-order valence-electron chi connectivity index (χ4n) is 1.56. The molecule has 0 fully saturated rings. The molecule has 0 aliphatic rings. The van der Waals surface area contributed by atoms with Gasteiger partial charge in [0.25, 0.3) is 0 Å². The summed E-state index contributed by atoms with van der Waals surface area (Å²) in [4.78, 5) is 10.7. The maximum Gasteiger partial charge on any atom is 0.320 e. The van der Waals surface area contributed by atoms with Gasteiger partial charge in [0.15, 0.2) is 0 Å². The van der Waals surface area contributed by atoms with Gasteiger partial charge in [0, 0.05) is 0 Å². The second-order valence-electron chi connectivity index (χ2n) is 3.48. The van der Waals surface area contributed by atoms with Gasteiger partial charge in [0.2, 0.25) is 0 Å². The van der Waals surface area contributed by atoms with Crippen LogP contribution in [0.2, 0.25) is 0 Å². The van der Waals surface area contributed by atoms with Crippen LogP contribution in [0.4, 0.5) is 0 Å². The van der Waals surface area contributed by atoms with Gasteiger partial charge in [-0.1, -0.05) is 43.5 Å². The van der Waals surface area contributed by atoms with Crippen LogP contribution >= 0.6 is 0 Å². The molecule has 1 atom stereocenters. The maximum absolute atomic E-state index is 10.7. The third-order valence-corrected chi connectivity index (χ3v) is 2.41. The molecule has 1 rings (SSSR count). The van der Waals surface area contributed by atoms with Crippen LogP contribution in [-0.4, -0.2) is 17.1 Å². The largest absolute Gasteiger partial charge is 0.480 e. The Morgan fingerprint density at radius 3 is 2.62 bits per heavy atom. The smallest absolute Gasteiger partial charge is 0.320 e. The Kier molecular flexibility index (Phi) is 4.03. The van der Waals surface area contributed by atoms with Crippen LogP contribution in [0.15, 0.2) is 31.4 Å². The highest BCUT2D eigenvalue weighted by Gasteiger charge is 2.14. The number of rotatable bonds is 5. The van der Waals surface area contributed by atoms with E-state index in [1.54, 1.807) is 12.2 Å². The first-order valence-electron chi connectivity index (χ1n) is 4.95. The van der Waals surface area contributed by atoms with Crippen LogP contribution in [0.1, 0.15) is 16.7 Å². The van der Waals surface area contributed by atoms with Crippen LogP contribution in [0.3, 0.4) is 0 Å². The van der Waals surface area contributed by atoms with Crippen LogP contribution in [-0.2, 0) is 11.2 Å². The van der Waals surface area contributed by atoms with Crippen molar-refractivity contribution in [1.82, 2.24) is 0 Å². The number of nitrogens with two attached hydrogens (primary N) is 1. The van der Waals surface area contributed by atoms with Crippen molar-refractivity contribution in [3.63, 3.8) is 0 Å². The molecule has 0 saturated carbocycles. The minimum absolute atomic E-state index is 0.290. The van der Waals surface area contributed by atoms with Crippen LogP contribution in [0, 0.1) is 0 Å². The second-order valence-corrected chi connectivity index (χ2v) is 3.48. The average Bonchev–Trinajstić information content (AvgIpc) is 2.28. The molecular weight excluding hydrogens is 202 g/mol. The Hall–Kier alpha value is -1.87. The maximum atomic E-state index is 10.7. The predicted octanol–water partition coefficient (Wildman–Crippen LogP) is 1.93. The number of carbonyl (C=O) groups is 1. The Morgan fingerprint density at radius 2 is 2.12 bits per heavy atom. The molecule has 0 spiro atoms. The zero-order valence-corrected chi connectivity index (χ0v) is 9.02. The van der Waals surface area contributed by atoms with E-state index in [9.17, 15) is 4.79 Å². The van der Waals surface area contributed by atoms with Crippen molar-refractivity contribution >= 4 is 18.1 Å². The number of aliphatic carboxylic acids is 1. The standard InChI is InChI=1S/C13H15NO2/c1-3-9-6-5-7-10(11(9)4-2)8-12(14)13(15)16/h3-7,12H,1-2,8,14H2,(H,15,16). The molecule has 16 heavy (non-hydrogen) atoms. The van der Waals surface area contributed by atoms with Gasteiger partial charge in [-0.15, -0.1) is 0 Å². The van der Waals surface area contributed by atoms with Crippen molar-refractivity contribution in [2.45, 2.75) is 12.5 Å². The highest BCUT2D eigenvalue weighted by molar-refractivity contribution is 5.74. The van der Waals surface area contributed by atoms with E-state index in [1.165, 1.54) is 0 Å². The summed E-state index contributed by atoms with van der Waals surface area (Å²) in [5.41, 5.74) is 8.21. The first kappa shape index (κ1) is 12.2. The normalized spacial score (nSPS) is 11.8. The lowest BCUT2D eigenvalue weighted by atomic mass is 9.96. The minimum Gasteiger partial charge on any atom is -0.480 e. The summed E-state index contributed by atoms with van der Waals surface area (Å²) in [5.74, 6) is -1.00. The van der Waals surface area contributed by atoms with Crippen molar-refractivity contribution in [3.8, 4) is 0 Å². The molecule has 0 saturated heterocycles. The van der Waals surface area contributed by atoms with Crippen molar-refractivity contribution in [2.75, 3.05) is 0 Å². The zero-order valence-electron chi connectivity index (χ0n) is 9.02. The van der Waals surface area contributed by atoms with E-state index < -0.39 is 12.0 Å². The zero-order chi connectivity index (χ0) is 12.1. The van der Waals surface area contributed by atoms with Gasteiger partial charge in [-0.2, -0.15) is 0 Å². The van der Waals surface area contributed by atoms with Gasteiger partial charge in [0.05, 0.1) is 0 Å². The number of hydrogen-bond donors (Lipinski definition) is 2. The average molecular weight is 217 g/mol. The van der Waals surface area contributed by atoms with Crippen molar-refractivity contribution in [1.29, 1.82) is 0 Å². The predicted molar refractivity (Wildman–Crippen MR) is 65.9 cm³/mol. The van der Waals surface area contributed by atoms with E-state index in [0.717, 1.165) is 16.7 Å². The molecule has 1 unspecified atom stereocenters. The second kappa shape index (κ2) is 5.28. The minimum atomic E-state index is -1.00. The molecule has 0 bridgehead atoms. The van der Waals surface area contributed by atoms with Crippen LogP contribution in [0.25, 0.3) is 12.2 Å². The Bertz CT molecular complexity index is 424. The summed E-state index contributed by atoms with van der Waals surface area (Å²) in [6, 6.07) is 4.72. The molecule has 0 aliphatic heterocycles. The fourth-order valence-corrected chi connectivity index (χ4v) is 1.56. The molecule has 3 N–H and O–H groups in total. The lowest BCUT2D eigenvalue weighted by Gasteiger charge is -2.11. The lowest BCUT2D eigenvalue weighted by molar-refractivity contribution is -0.138. The quantitative estimate of drug-likeness (QED) is 0.792. The summed E-state index contributed by atoms with van der Waals surface area (Å²) in [5, 5.41) is 8.76. The van der Waals surface area contributed by atoms with Gasteiger partial charge in [-0.25, -0.2) is 0 Å². The number of carboxylic acids is 1.